The Bertz CT molecular complexity index is 644. The highest BCUT2D eigenvalue weighted by Gasteiger charge is 2.13. The van der Waals surface area contributed by atoms with Crippen LogP contribution in [0.15, 0.2) is 24.3 Å². The van der Waals surface area contributed by atoms with Crippen molar-refractivity contribution in [3.05, 3.63) is 52.3 Å². The molecule has 0 aliphatic rings. The monoisotopic (exact) mass is 286 g/mol. The average molecular weight is 286 g/mol. The van der Waals surface area contributed by atoms with Gasteiger partial charge in [-0.2, -0.15) is 5.10 Å². The van der Waals surface area contributed by atoms with Gasteiger partial charge in [0.25, 0.3) is 0 Å². The number of nitrogens with zero attached hydrogens (tertiary/aromatic N) is 2. The van der Waals surface area contributed by atoms with Crippen LogP contribution in [0.3, 0.4) is 0 Å². The summed E-state index contributed by atoms with van der Waals surface area (Å²) in [6.07, 6.45) is 1.08. The Labute approximate surface area is 125 Å². The maximum atomic E-state index is 11.3. The highest BCUT2D eigenvalue weighted by molar-refractivity contribution is 5.69. The number of carbonyl (C=O) groups excluding carboxylic acids is 1. The fourth-order valence-corrected chi connectivity index (χ4v) is 2.53. The van der Waals surface area contributed by atoms with Crippen molar-refractivity contribution in [3.63, 3.8) is 0 Å². The molecule has 1 aromatic carbocycles. The quantitative estimate of drug-likeness (QED) is 0.794. The van der Waals surface area contributed by atoms with Crippen LogP contribution in [0.5, 0.6) is 0 Å². The van der Waals surface area contributed by atoms with Crippen LogP contribution in [0, 0.1) is 20.8 Å². The van der Waals surface area contributed by atoms with Crippen molar-refractivity contribution in [3.8, 4) is 0 Å². The van der Waals surface area contributed by atoms with Gasteiger partial charge in [-0.15, -0.1) is 0 Å². The summed E-state index contributed by atoms with van der Waals surface area (Å²) in [5.41, 5.74) is 5.79. The lowest BCUT2D eigenvalue weighted by molar-refractivity contribution is -0.140. The molecule has 21 heavy (non-hydrogen) atoms. The van der Waals surface area contributed by atoms with E-state index in [1.165, 1.54) is 18.2 Å². The number of aryl methyl sites for hydroxylation is 2. The van der Waals surface area contributed by atoms with Crippen LogP contribution in [-0.4, -0.2) is 22.9 Å². The summed E-state index contributed by atoms with van der Waals surface area (Å²) in [7, 11) is 1.42. The highest BCUT2D eigenvalue weighted by atomic mass is 16.5. The normalized spacial score (nSPS) is 10.7. The number of benzene rings is 1. The Morgan fingerprint density at radius 1 is 1.24 bits per heavy atom. The Kier molecular flexibility index (Phi) is 4.78. The van der Waals surface area contributed by atoms with E-state index in [4.69, 9.17) is 4.74 Å². The standard InChI is InChI=1S/C17H22N2O2/c1-12-7-5-6-8-15(12)11-19-14(3)16(13(2)18-19)9-10-17(20)21-4/h5-8H,9-11H2,1-4H3. The van der Waals surface area contributed by atoms with Gasteiger partial charge in [0.1, 0.15) is 0 Å². The van der Waals surface area contributed by atoms with Gasteiger partial charge < -0.3 is 4.74 Å². The molecule has 0 amide bonds. The van der Waals surface area contributed by atoms with Gasteiger partial charge in [0.05, 0.1) is 19.3 Å². The molecular weight excluding hydrogens is 264 g/mol. The van der Waals surface area contributed by atoms with Crippen molar-refractivity contribution in [2.45, 2.75) is 40.2 Å². The van der Waals surface area contributed by atoms with E-state index in [0.717, 1.165) is 23.5 Å². The zero-order valence-electron chi connectivity index (χ0n) is 13.1. The Hall–Kier alpha value is -2.10. The summed E-state index contributed by atoms with van der Waals surface area (Å²) in [6.45, 7) is 6.93. The fraction of sp³-hybridized carbons (Fsp3) is 0.412. The number of hydrogen-bond acceptors (Lipinski definition) is 3. The third-order valence-corrected chi connectivity index (χ3v) is 3.92. The van der Waals surface area contributed by atoms with Crippen LogP contribution in [0.25, 0.3) is 0 Å². The lowest BCUT2D eigenvalue weighted by atomic mass is 10.1. The first kappa shape index (κ1) is 15.3. The molecule has 0 unspecified atom stereocenters. The van der Waals surface area contributed by atoms with E-state index >= 15 is 0 Å². The molecule has 0 bridgehead atoms. The molecule has 0 fully saturated rings. The second-order valence-electron chi connectivity index (χ2n) is 5.31. The lowest BCUT2D eigenvalue weighted by Gasteiger charge is -2.08. The van der Waals surface area contributed by atoms with Gasteiger partial charge >= 0.3 is 5.97 Å². The maximum Gasteiger partial charge on any atom is 0.305 e. The summed E-state index contributed by atoms with van der Waals surface area (Å²) in [4.78, 5) is 11.3. The SMILES string of the molecule is COC(=O)CCc1c(C)nn(Cc2ccccc2C)c1C. The first-order valence-electron chi connectivity index (χ1n) is 7.17. The number of aromatic nitrogens is 2. The average Bonchev–Trinajstić information content (AvgIpc) is 2.73. The number of esters is 1. The molecule has 0 radical (unpaired) electrons. The lowest BCUT2D eigenvalue weighted by Crippen LogP contribution is -2.06. The summed E-state index contributed by atoms with van der Waals surface area (Å²) >= 11 is 0. The van der Waals surface area contributed by atoms with Crippen molar-refractivity contribution in [1.29, 1.82) is 0 Å². The van der Waals surface area contributed by atoms with Crippen LogP contribution >= 0.6 is 0 Å². The first-order valence-corrected chi connectivity index (χ1v) is 7.17. The van der Waals surface area contributed by atoms with Crippen LogP contribution in [0.4, 0.5) is 0 Å². The molecule has 2 rings (SSSR count). The van der Waals surface area contributed by atoms with E-state index in [2.05, 4.69) is 31.1 Å². The van der Waals surface area contributed by atoms with E-state index in [-0.39, 0.29) is 5.97 Å². The smallest absolute Gasteiger partial charge is 0.305 e. The van der Waals surface area contributed by atoms with E-state index in [1.54, 1.807) is 0 Å². The van der Waals surface area contributed by atoms with E-state index < -0.39 is 0 Å². The predicted molar refractivity (Wildman–Crippen MR) is 82.3 cm³/mol. The van der Waals surface area contributed by atoms with Gasteiger partial charge in [-0.25, -0.2) is 0 Å². The van der Waals surface area contributed by atoms with Gasteiger partial charge in [0.15, 0.2) is 0 Å². The second-order valence-corrected chi connectivity index (χ2v) is 5.31. The number of rotatable bonds is 5. The third-order valence-electron chi connectivity index (χ3n) is 3.92. The molecule has 112 valence electrons. The number of ether oxygens (including phenoxy) is 1. The molecule has 4 heteroatoms. The topological polar surface area (TPSA) is 44.1 Å². The zero-order valence-corrected chi connectivity index (χ0v) is 13.1. The molecule has 0 atom stereocenters. The summed E-state index contributed by atoms with van der Waals surface area (Å²) in [5, 5.41) is 4.61. The zero-order chi connectivity index (χ0) is 15.4. The van der Waals surface area contributed by atoms with Gasteiger partial charge in [0.2, 0.25) is 0 Å². The summed E-state index contributed by atoms with van der Waals surface area (Å²) in [5.74, 6) is -0.180. The minimum absolute atomic E-state index is 0.180. The van der Waals surface area contributed by atoms with Crippen molar-refractivity contribution in [2.24, 2.45) is 0 Å². The minimum atomic E-state index is -0.180. The maximum absolute atomic E-state index is 11.3. The predicted octanol–water partition coefficient (Wildman–Crippen LogP) is 2.96. The van der Waals surface area contributed by atoms with E-state index in [9.17, 15) is 4.79 Å². The van der Waals surface area contributed by atoms with E-state index in [0.29, 0.717) is 12.8 Å². The van der Waals surface area contributed by atoms with Crippen molar-refractivity contribution < 1.29 is 9.53 Å². The van der Waals surface area contributed by atoms with Gasteiger partial charge in [-0.3, -0.25) is 9.48 Å². The first-order chi connectivity index (χ1) is 10.0. The molecular formula is C17H22N2O2. The fourth-order valence-electron chi connectivity index (χ4n) is 2.53. The van der Waals surface area contributed by atoms with Crippen LogP contribution in [-0.2, 0) is 22.5 Å². The van der Waals surface area contributed by atoms with Crippen molar-refractivity contribution >= 4 is 5.97 Å². The van der Waals surface area contributed by atoms with Crippen LogP contribution < -0.4 is 0 Å². The Balaban J connectivity index is 2.19. The largest absolute Gasteiger partial charge is 0.469 e. The third kappa shape index (κ3) is 3.51. The molecule has 0 N–H and O–H groups in total. The molecule has 4 nitrogen and oxygen atoms in total. The summed E-state index contributed by atoms with van der Waals surface area (Å²) in [6, 6.07) is 8.33. The highest BCUT2D eigenvalue weighted by Crippen LogP contribution is 2.18. The molecule has 2 aromatic rings. The minimum Gasteiger partial charge on any atom is -0.469 e. The number of hydrogen-bond donors (Lipinski definition) is 0. The van der Waals surface area contributed by atoms with Crippen molar-refractivity contribution in [2.75, 3.05) is 7.11 Å². The number of methoxy groups -OCH3 is 1. The summed E-state index contributed by atoms with van der Waals surface area (Å²) < 4.78 is 6.72. The molecule has 0 aliphatic heterocycles. The van der Waals surface area contributed by atoms with Gasteiger partial charge in [-0.05, 0) is 43.9 Å². The molecule has 0 saturated carbocycles. The Morgan fingerprint density at radius 3 is 2.62 bits per heavy atom. The second kappa shape index (κ2) is 6.57. The molecule has 0 aliphatic carbocycles. The molecule has 1 aromatic heterocycles. The number of carbonyl (C=O) groups is 1. The van der Waals surface area contributed by atoms with E-state index in [1.807, 2.05) is 23.7 Å². The van der Waals surface area contributed by atoms with Crippen molar-refractivity contribution in [1.82, 2.24) is 9.78 Å². The van der Waals surface area contributed by atoms with Gasteiger partial charge in [0, 0.05) is 12.1 Å². The molecule has 0 saturated heterocycles. The molecule has 1 heterocycles. The van der Waals surface area contributed by atoms with Gasteiger partial charge in [-0.1, -0.05) is 24.3 Å². The molecule has 0 spiro atoms. The van der Waals surface area contributed by atoms with Crippen LogP contribution in [0.1, 0.15) is 34.5 Å². The Morgan fingerprint density at radius 2 is 1.95 bits per heavy atom. The van der Waals surface area contributed by atoms with Crippen LogP contribution in [0.2, 0.25) is 0 Å².